The molecule has 0 radical (unpaired) electrons. The highest BCUT2D eigenvalue weighted by atomic mass is 16.4. The second kappa shape index (κ2) is 7.64. The Labute approximate surface area is 164 Å². The van der Waals surface area contributed by atoms with Gasteiger partial charge in [0.2, 0.25) is 5.91 Å². The first-order valence-electron chi connectivity index (χ1n) is 9.60. The Bertz CT molecular complexity index is 961. The van der Waals surface area contributed by atoms with Crippen molar-refractivity contribution in [1.29, 1.82) is 0 Å². The number of carbonyl (C=O) groups excluding carboxylic acids is 1. The number of aryl methyl sites for hydroxylation is 2. The van der Waals surface area contributed by atoms with Crippen LogP contribution in [0.15, 0.2) is 51.5 Å². The summed E-state index contributed by atoms with van der Waals surface area (Å²) in [5, 5.41) is 0. The molecule has 1 aliphatic rings. The van der Waals surface area contributed by atoms with E-state index in [1.54, 1.807) is 6.26 Å². The molecule has 4 rings (SSSR count). The topological polar surface area (TPSA) is 62.7 Å². The fourth-order valence-electron chi connectivity index (χ4n) is 3.65. The molecule has 28 heavy (non-hydrogen) atoms. The van der Waals surface area contributed by atoms with Crippen molar-refractivity contribution in [1.82, 2.24) is 14.8 Å². The van der Waals surface area contributed by atoms with Crippen LogP contribution in [0.5, 0.6) is 0 Å². The van der Waals surface area contributed by atoms with E-state index in [0.29, 0.717) is 31.3 Å². The Morgan fingerprint density at radius 2 is 2.00 bits per heavy atom. The molecule has 3 heterocycles. The SMILES string of the molecule is Cc1cccc(CN2CCN(Cc3nc(-c4ccco4)oc3C)[C@@H](C)C2=O)c1. The minimum atomic E-state index is -0.193. The first kappa shape index (κ1) is 18.5. The van der Waals surface area contributed by atoms with Crippen molar-refractivity contribution < 1.29 is 13.6 Å². The minimum absolute atomic E-state index is 0.153. The monoisotopic (exact) mass is 379 g/mol. The summed E-state index contributed by atoms with van der Waals surface area (Å²) in [6.07, 6.45) is 1.60. The van der Waals surface area contributed by atoms with Gasteiger partial charge in [-0.25, -0.2) is 4.98 Å². The van der Waals surface area contributed by atoms with Crippen LogP contribution in [0.4, 0.5) is 0 Å². The summed E-state index contributed by atoms with van der Waals surface area (Å²) in [5.74, 6) is 2.00. The maximum Gasteiger partial charge on any atom is 0.263 e. The number of carbonyl (C=O) groups is 1. The first-order valence-corrected chi connectivity index (χ1v) is 9.60. The number of piperazine rings is 1. The second-order valence-electron chi connectivity index (χ2n) is 7.39. The van der Waals surface area contributed by atoms with E-state index in [9.17, 15) is 4.79 Å². The molecule has 2 aromatic heterocycles. The van der Waals surface area contributed by atoms with E-state index in [1.165, 1.54) is 11.1 Å². The standard InChI is InChI=1S/C22H25N3O3/c1-15-6-4-7-18(12-15)13-25-10-9-24(16(2)22(25)26)14-19-17(3)28-21(23-19)20-8-5-11-27-20/h4-8,11-12,16H,9-10,13-14H2,1-3H3/t16-/m0/s1. The molecule has 1 aliphatic heterocycles. The molecule has 6 heteroatoms. The van der Waals surface area contributed by atoms with Gasteiger partial charge in [0.05, 0.1) is 18.0 Å². The number of oxazole rings is 1. The summed E-state index contributed by atoms with van der Waals surface area (Å²) in [6, 6.07) is 11.8. The van der Waals surface area contributed by atoms with Crippen LogP contribution in [0, 0.1) is 13.8 Å². The molecule has 0 N–H and O–H groups in total. The Morgan fingerprint density at radius 3 is 2.75 bits per heavy atom. The smallest absolute Gasteiger partial charge is 0.263 e. The third-order valence-corrected chi connectivity index (χ3v) is 5.31. The van der Waals surface area contributed by atoms with Crippen LogP contribution in [-0.2, 0) is 17.9 Å². The maximum absolute atomic E-state index is 12.9. The third-order valence-electron chi connectivity index (χ3n) is 5.31. The highest BCUT2D eigenvalue weighted by Gasteiger charge is 2.32. The minimum Gasteiger partial charge on any atom is -0.459 e. The molecular weight excluding hydrogens is 354 g/mol. The van der Waals surface area contributed by atoms with Crippen LogP contribution in [0.2, 0.25) is 0 Å². The van der Waals surface area contributed by atoms with Gasteiger partial charge < -0.3 is 13.7 Å². The number of aromatic nitrogens is 1. The number of benzene rings is 1. The van der Waals surface area contributed by atoms with Crippen LogP contribution >= 0.6 is 0 Å². The Balaban J connectivity index is 1.43. The predicted molar refractivity (Wildman–Crippen MR) is 105 cm³/mol. The highest BCUT2D eigenvalue weighted by Crippen LogP contribution is 2.24. The number of rotatable bonds is 5. The van der Waals surface area contributed by atoms with Gasteiger partial charge in [0.25, 0.3) is 5.89 Å². The van der Waals surface area contributed by atoms with Crippen molar-refractivity contribution in [3.63, 3.8) is 0 Å². The molecule has 0 saturated carbocycles. The van der Waals surface area contributed by atoms with Gasteiger partial charge >= 0.3 is 0 Å². The summed E-state index contributed by atoms with van der Waals surface area (Å²) in [5.41, 5.74) is 3.23. The quantitative estimate of drug-likeness (QED) is 0.675. The van der Waals surface area contributed by atoms with Crippen LogP contribution in [0.25, 0.3) is 11.7 Å². The van der Waals surface area contributed by atoms with Crippen molar-refractivity contribution in [2.45, 2.75) is 39.9 Å². The number of furan rings is 1. The number of nitrogens with zero attached hydrogens (tertiary/aromatic N) is 3. The number of hydrogen-bond acceptors (Lipinski definition) is 5. The lowest BCUT2D eigenvalue weighted by atomic mass is 10.1. The summed E-state index contributed by atoms with van der Waals surface area (Å²) in [7, 11) is 0. The van der Waals surface area contributed by atoms with Gasteiger partial charge in [-0.05, 0) is 38.5 Å². The molecule has 1 fully saturated rings. The first-order chi connectivity index (χ1) is 13.5. The van der Waals surface area contributed by atoms with Crippen LogP contribution in [-0.4, -0.2) is 39.8 Å². The van der Waals surface area contributed by atoms with E-state index in [-0.39, 0.29) is 11.9 Å². The van der Waals surface area contributed by atoms with Crippen molar-refractivity contribution in [3.05, 3.63) is 65.2 Å². The van der Waals surface area contributed by atoms with Gasteiger partial charge in [0.1, 0.15) is 5.76 Å². The highest BCUT2D eigenvalue weighted by molar-refractivity contribution is 5.82. The molecule has 0 aliphatic carbocycles. The molecule has 0 spiro atoms. The van der Waals surface area contributed by atoms with Crippen molar-refractivity contribution in [2.75, 3.05) is 13.1 Å². The summed E-state index contributed by atoms with van der Waals surface area (Å²) in [6.45, 7) is 8.69. The zero-order valence-corrected chi connectivity index (χ0v) is 16.5. The second-order valence-corrected chi connectivity index (χ2v) is 7.39. The van der Waals surface area contributed by atoms with Crippen LogP contribution in [0.1, 0.15) is 29.5 Å². The van der Waals surface area contributed by atoms with E-state index in [4.69, 9.17) is 8.83 Å². The average molecular weight is 379 g/mol. The van der Waals surface area contributed by atoms with E-state index in [1.807, 2.05) is 36.9 Å². The zero-order chi connectivity index (χ0) is 19.7. The number of hydrogen-bond donors (Lipinski definition) is 0. The molecule has 1 amide bonds. The van der Waals surface area contributed by atoms with Crippen molar-refractivity contribution >= 4 is 5.91 Å². The molecule has 1 atom stereocenters. The average Bonchev–Trinajstić information content (AvgIpc) is 3.32. The lowest BCUT2D eigenvalue weighted by Gasteiger charge is -2.39. The largest absolute Gasteiger partial charge is 0.459 e. The lowest BCUT2D eigenvalue weighted by molar-refractivity contribution is -0.142. The van der Waals surface area contributed by atoms with Gasteiger partial charge in [-0.3, -0.25) is 9.69 Å². The molecule has 0 bridgehead atoms. The third kappa shape index (κ3) is 3.73. The zero-order valence-electron chi connectivity index (χ0n) is 16.5. The molecule has 1 aromatic carbocycles. The van der Waals surface area contributed by atoms with Crippen LogP contribution in [0.3, 0.4) is 0 Å². The van der Waals surface area contributed by atoms with Gasteiger partial charge in [-0.2, -0.15) is 0 Å². The van der Waals surface area contributed by atoms with Crippen molar-refractivity contribution in [2.24, 2.45) is 0 Å². The molecular formula is C22H25N3O3. The molecule has 3 aromatic rings. The van der Waals surface area contributed by atoms with Gasteiger partial charge in [-0.1, -0.05) is 29.8 Å². The van der Waals surface area contributed by atoms with Crippen LogP contribution < -0.4 is 0 Å². The fraction of sp³-hybridized carbons (Fsp3) is 0.364. The molecule has 1 saturated heterocycles. The predicted octanol–water partition coefficient (Wildman–Crippen LogP) is 3.78. The molecule has 146 valence electrons. The summed E-state index contributed by atoms with van der Waals surface area (Å²) >= 11 is 0. The maximum atomic E-state index is 12.9. The van der Waals surface area contributed by atoms with Crippen molar-refractivity contribution in [3.8, 4) is 11.7 Å². The molecule has 0 unspecified atom stereocenters. The normalized spacial score (nSPS) is 18.0. The Morgan fingerprint density at radius 1 is 1.14 bits per heavy atom. The van der Waals surface area contributed by atoms with E-state index in [0.717, 1.165) is 18.0 Å². The summed E-state index contributed by atoms with van der Waals surface area (Å²) < 4.78 is 11.1. The number of amides is 1. The molecule has 6 nitrogen and oxygen atoms in total. The van der Waals surface area contributed by atoms with Gasteiger partial charge in [0.15, 0.2) is 5.76 Å². The van der Waals surface area contributed by atoms with E-state index in [2.05, 4.69) is 35.0 Å². The van der Waals surface area contributed by atoms with E-state index >= 15 is 0 Å². The van der Waals surface area contributed by atoms with Gasteiger partial charge in [0, 0.05) is 26.2 Å². The Kier molecular flexibility index (Phi) is 5.05. The Hall–Kier alpha value is -2.86. The summed E-state index contributed by atoms with van der Waals surface area (Å²) in [4.78, 5) is 21.6. The lowest BCUT2D eigenvalue weighted by Crippen LogP contribution is -2.55. The van der Waals surface area contributed by atoms with Gasteiger partial charge in [-0.15, -0.1) is 0 Å². The van der Waals surface area contributed by atoms with E-state index < -0.39 is 0 Å². The fourth-order valence-corrected chi connectivity index (χ4v) is 3.65.